The van der Waals surface area contributed by atoms with Crippen LogP contribution >= 0.6 is 0 Å². The zero-order valence-corrected chi connectivity index (χ0v) is 23.6. The van der Waals surface area contributed by atoms with Gasteiger partial charge in [0.05, 0.1) is 17.9 Å². The van der Waals surface area contributed by atoms with Crippen molar-refractivity contribution in [3.05, 3.63) is 90.0 Å². The summed E-state index contributed by atoms with van der Waals surface area (Å²) >= 11 is 0. The fraction of sp³-hybridized carbons (Fsp3) is 0.333. The minimum Gasteiger partial charge on any atom is -0.354 e. The van der Waals surface area contributed by atoms with Gasteiger partial charge in [0.15, 0.2) is 0 Å². The standard InChI is InChI=1S/C30H37N7O4/c1-21(35-30(41)22(2)34-23(3)38)29(40)33-17-14-24-10-12-25(13-11-24)36-28(39)20-37(18-26-8-4-6-15-31-26)19-27-9-5-7-16-32-27/h4-13,15-16,21-22H,14,17-20H2,1-3H3,(H,33,40)(H,34,38)(H,35,41)(H,36,39)/t21-,22-/m1/s1. The average Bonchev–Trinajstić information content (AvgIpc) is 2.94. The van der Waals surface area contributed by atoms with Crippen LogP contribution in [0.1, 0.15) is 37.7 Å². The Hall–Kier alpha value is -4.64. The van der Waals surface area contributed by atoms with Gasteiger partial charge in [-0.1, -0.05) is 24.3 Å². The van der Waals surface area contributed by atoms with Crippen molar-refractivity contribution < 1.29 is 19.2 Å². The second kappa shape index (κ2) is 15.8. The van der Waals surface area contributed by atoms with Crippen molar-refractivity contribution in [3.63, 3.8) is 0 Å². The molecule has 41 heavy (non-hydrogen) atoms. The zero-order chi connectivity index (χ0) is 29.6. The number of carbonyl (C=O) groups is 4. The average molecular weight is 560 g/mol. The first-order chi connectivity index (χ1) is 19.7. The van der Waals surface area contributed by atoms with Gasteiger partial charge in [-0.2, -0.15) is 0 Å². The van der Waals surface area contributed by atoms with E-state index in [2.05, 4.69) is 31.2 Å². The predicted molar refractivity (Wildman–Crippen MR) is 155 cm³/mol. The predicted octanol–water partition coefficient (Wildman–Crippen LogP) is 1.81. The number of hydrogen-bond acceptors (Lipinski definition) is 7. The lowest BCUT2D eigenvalue weighted by molar-refractivity contribution is -0.131. The molecule has 4 amide bonds. The highest BCUT2D eigenvalue weighted by Gasteiger charge is 2.20. The van der Waals surface area contributed by atoms with Crippen molar-refractivity contribution in [2.24, 2.45) is 0 Å². The van der Waals surface area contributed by atoms with Crippen LogP contribution in [0.5, 0.6) is 0 Å². The van der Waals surface area contributed by atoms with Gasteiger partial charge in [-0.05, 0) is 62.2 Å². The zero-order valence-electron chi connectivity index (χ0n) is 23.6. The van der Waals surface area contributed by atoms with Gasteiger partial charge in [0, 0.05) is 44.6 Å². The van der Waals surface area contributed by atoms with E-state index in [9.17, 15) is 19.2 Å². The van der Waals surface area contributed by atoms with Gasteiger partial charge < -0.3 is 21.3 Å². The van der Waals surface area contributed by atoms with E-state index < -0.39 is 18.0 Å². The van der Waals surface area contributed by atoms with E-state index in [-0.39, 0.29) is 24.3 Å². The van der Waals surface area contributed by atoms with E-state index in [0.29, 0.717) is 31.7 Å². The minimum absolute atomic E-state index is 0.152. The molecule has 3 rings (SSSR count). The monoisotopic (exact) mass is 559 g/mol. The molecule has 1 aromatic carbocycles. The molecule has 0 aliphatic carbocycles. The van der Waals surface area contributed by atoms with Crippen LogP contribution < -0.4 is 21.3 Å². The first kappa shape index (κ1) is 30.9. The molecule has 3 aromatic rings. The van der Waals surface area contributed by atoms with Gasteiger partial charge in [0.1, 0.15) is 12.1 Å². The number of amides is 4. The molecule has 0 spiro atoms. The topological polar surface area (TPSA) is 145 Å². The SMILES string of the molecule is CC(=O)N[C@H](C)C(=O)N[C@H](C)C(=O)NCCc1ccc(NC(=O)CN(Cc2ccccn2)Cc2ccccn2)cc1. The molecule has 0 aliphatic rings. The van der Waals surface area contributed by atoms with Crippen LogP contribution in [-0.2, 0) is 38.7 Å². The lowest BCUT2D eigenvalue weighted by atomic mass is 10.1. The largest absolute Gasteiger partial charge is 0.354 e. The summed E-state index contributed by atoms with van der Waals surface area (Å²) < 4.78 is 0. The minimum atomic E-state index is -0.744. The highest BCUT2D eigenvalue weighted by Crippen LogP contribution is 2.12. The van der Waals surface area contributed by atoms with Crippen LogP contribution in [0.15, 0.2) is 73.1 Å². The summed E-state index contributed by atoms with van der Waals surface area (Å²) in [5.41, 5.74) is 3.38. The third-order valence-electron chi connectivity index (χ3n) is 6.11. The lowest BCUT2D eigenvalue weighted by Gasteiger charge is -2.21. The van der Waals surface area contributed by atoms with Crippen LogP contribution in [0, 0.1) is 0 Å². The van der Waals surface area contributed by atoms with E-state index in [0.717, 1.165) is 17.0 Å². The number of nitrogens with one attached hydrogen (secondary N) is 4. The number of pyridine rings is 2. The Morgan fingerprint density at radius 1 is 0.780 bits per heavy atom. The molecule has 2 aromatic heterocycles. The number of anilines is 1. The van der Waals surface area contributed by atoms with Crippen molar-refractivity contribution in [2.45, 2.75) is 52.4 Å². The Labute approximate surface area is 240 Å². The van der Waals surface area contributed by atoms with Crippen LogP contribution in [0.25, 0.3) is 0 Å². The van der Waals surface area contributed by atoms with Crippen LogP contribution in [-0.4, -0.2) is 63.7 Å². The Morgan fingerprint density at radius 3 is 1.90 bits per heavy atom. The van der Waals surface area contributed by atoms with Gasteiger partial charge >= 0.3 is 0 Å². The van der Waals surface area contributed by atoms with Gasteiger partial charge in [0.25, 0.3) is 0 Å². The maximum Gasteiger partial charge on any atom is 0.242 e. The fourth-order valence-electron chi connectivity index (χ4n) is 4.03. The number of rotatable bonds is 14. The van der Waals surface area contributed by atoms with Crippen LogP contribution in [0.3, 0.4) is 0 Å². The lowest BCUT2D eigenvalue weighted by Crippen LogP contribution is -2.51. The third-order valence-corrected chi connectivity index (χ3v) is 6.11. The van der Waals surface area contributed by atoms with E-state index in [4.69, 9.17) is 0 Å². The molecule has 2 atom stereocenters. The highest BCUT2D eigenvalue weighted by molar-refractivity contribution is 5.92. The van der Waals surface area contributed by atoms with Crippen molar-refractivity contribution in [1.82, 2.24) is 30.8 Å². The summed E-state index contributed by atoms with van der Waals surface area (Å²) in [6.07, 6.45) is 4.04. The van der Waals surface area contributed by atoms with Gasteiger partial charge in [-0.3, -0.25) is 34.0 Å². The van der Waals surface area contributed by atoms with Crippen molar-refractivity contribution >= 4 is 29.3 Å². The molecule has 11 heteroatoms. The van der Waals surface area contributed by atoms with Crippen molar-refractivity contribution in [3.8, 4) is 0 Å². The summed E-state index contributed by atoms with van der Waals surface area (Å²) in [4.78, 5) is 59.1. The Morgan fingerprint density at radius 2 is 1.37 bits per heavy atom. The highest BCUT2D eigenvalue weighted by atomic mass is 16.2. The molecule has 0 aliphatic heterocycles. The Bertz CT molecular complexity index is 1250. The molecule has 4 N–H and O–H groups in total. The summed E-state index contributed by atoms with van der Waals surface area (Å²) in [6.45, 7) is 6.01. The number of benzene rings is 1. The summed E-state index contributed by atoms with van der Waals surface area (Å²) in [5.74, 6) is -1.23. The van der Waals surface area contributed by atoms with E-state index in [1.807, 2.05) is 65.6 Å². The molecule has 0 radical (unpaired) electrons. The maximum atomic E-state index is 12.9. The number of carbonyl (C=O) groups excluding carboxylic acids is 4. The molecule has 11 nitrogen and oxygen atoms in total. The maximum absolute atomic E-state index is 12.9. The van der Waals surface area contributed by atoms with E-state index >= 15 is 0 Å². The molecule has 216 valence electrons. The van der Waals surface area contributed by atoms with E-state index in [1.165, 1.54) is 6.92 Å². The number of nitrogens with zero attached hydrogens (tertiary/aromatic N) is 3. The Balaban J connectivity index is 1.46. The van der Waals surface area contributed by atoms with Gasteiger partial charge in [-0.15, -0.1) is 0 Å². The first-order valence-electron chi connectivity index (χ1n) is 13.5. The molecular formula is C30H37N7O4. The molecule has 0 saturated carbocycles. The van der Waals surface area contributed by atoms with Crippen LogP contribution in [0.4, 0.5) is 5.69 Å². The number of aromatic nitrogens is 2. The van der Waals surface area contributed by atoms with E-state index in [1.54, 1.807) is 26.2 Å². The smallest absolute Gasteiger partial charge is 0.242 e. The molecule has 0 bridgehead atoms. The Kier molecular flexibility index (Phi) is 11.9. The van der Waals surface area contributed by atoms with Gasteiger partial charge in [0.2, 0.25) is 23.6 Å². The first-order valence-corrected chi connectivity index (χ1v) is 13.5. The molecule has 2 heterocycles. The van der Waals surface area contributed by atoms with Gasteiger partial charge in [-0.25, -0.2) is 0 Å². The second-order valence-electron chi connectivity index (χ2n) is 9.73. The number of hydrogen-bond donors (Lipinski definition) is 4. The summed E-state index contributed by atoms with van der Waals surface area (Å²) in [6, 6.07) is 17.4. The van der Waals surface area contributed by atoms with Crippen molar-refractivity contribution in [2.75, 3.05) is 18.4 Å². The molecule has 0 unspecified atom stereocenters. The van der Waals surface area contributed by atoms with Crippen LogP contribution in [0.2, 0.25) is 0 Å². The quantitative estimate of drug-likeness (QED) is 0.236. The molecule has 0 fully saturated rings. The third kappa shape index (κ3) is 11.2. The van der Waals surface area contributed by atoms with Crippen molar-refractivity contribution in [1.29, 1.82) is 0 Å². The normalized spacial score (nSPS) is 12.2. The molecular weight excluding hydrogens is 522 g/mol. The fourth-order valence-corrected chi connectivity index (χ4v) is 4.03. The molecule has 0 saturated heterocycles. The summed E-state index contributed by atoms with van der Waals surface area (Å²) in [7, 11) is 0. The summed E-state index contributed by atoms with van der Waals surface area (Å²) in [5, 5.41) is 10.8. The second-order valence-corrected chi connectivity index (χ2v) is 9.73.